The van der Waals surface area contributed by atoms with Gasteiger partial charge in [-0.3, -0.25) is 5.32 Å². The van der Waals surface area contributed by atoms with E-state index in [-0.39, 0.29) is 5.72 Å². The van der Waals surface area contributed by atoms with Crippen molar-refractivity contribution in [3.8, 4) is 0 Å². The molecule has 1 aliphatic heterocycles. The van der Waals surface area contributed by atoms with Gasteiger partial charge >= 0.3 is 0 Å². The quantitative estimate of drug-likeness (QED) is 0.760. The van der Waals surface area contributed by atoms with Crippen LogP contribution in [-0.4, -0.2) is 13.2 Å². The zero-order valence-electron chi connectivity index (χ0n) is 9.71. The molecule has 0 aliphatic carbocycles. The first-order valence-electron chi connectivity index (χ1n) is 5.57. The molecule has 1 aromatic rings. The van der Waals surface area contributed by atoms with Crippen molar-refractivity contribution in [1.29, 1.82) is 0 Å². The third kappa shape index (κ3) is 2.06. The molecule has 82 valence electrons. The summed E-state index contributed by atoms with van der Waals surface area (Å²) in [5.41, 5.74) is 2.22. The van der Waals surface area contributed by atoms with Gasteiger partial charge in [-0.15, -0.1) is 0 Å². The third-order valence-corrected chi connectivity index (χ3v) is 3.10. The van der Waals surface area contributed by atoms with Gasteiger partial charge in [0.2, 0.25) is 0 Å². The minimum absolute atomic E-state index is 0.308. The van der Waals surface area contributed by atoms with Crippen LogP contribution < -0.4 is 5.32 Å². The molecule has 2 nitrogen and oxygen atoms in total. The molecule has 0 saturated carbocycles. The number of ether oxygens (including phenoxy) is 1. The molecule has 0 spiro atoms. The van der Waals surface area contributed by atoms with Crippen LogP contribution >= 0.6 is 0 Å². The summed E-state index contributed by atoms with van der Waals surface area (Å²) in [6, 6.07) is 8.40. The van der Waals surface area contributed by atoms with E-state index < -0.39 is 0 Å². The molecule has 0 amide bonds. The molecule has 1 aliphatic rings. The molecule has 2 heteroatoms. The fraction of sp³-hybridized carbons (Fsp3) is 0.538. The van der Waals surface area contributed by atoms with Gasteiger partial charge in [0.25, 0.3) is 0 Å². The van der Waals surface area contributed by atoms with Crippen LogP contribution in [0.4, 0.5) is 0 Å². The van der Waals surface area contributed by atoms with E-state index >= 15 is 0 Å². The molecule has 1 saturated heterocycles. The van der Waals surface area contributed by atoms with Crippen molar-refractivity contribution in [2.45, 2.75) is 26.5 Å². The lowest BCUT2D eigenvalue weighted by molar-refractivity contribution is -0.107. The lowest BCUT2D eigenvalue weighted by Gasteiger charge is -2.39. The average molecular weight is 205 g/mol. The number of hydrogen-bond acceptors (Lipinski definition) is 2. The van der Waals surface area contributed by atoms with Gasteiger partial charge in [-0.1, -0.05) is 31.2 Å². The van der Waals surface area contributed by atoms with E-state index in [2.05, 4.69) is 50.4 Å². The fourth-order valence-electron chi connectivity index (χ4n) is 2.07. The SMILES string of the molecule is Cc1ccccc1C1(C)NCC(C)CO1. The summed E-state index contributed by atoms with van der Waals surface area (Å²) < 4.78 is 5.93. The van der Waals surface area contributed by atoms with Crippen molar-refractivity contribution in [1.82, 2.24) is 5.32 Å². The summed E-state index contributed by atoms with van der Waals surface area (Å²) >= 11 is 0. The zero-order valence-corrected chi connectivity index (χ0v) is 9.71. The van der Waals surface area contributed by atoms with Gasteiger partial charge < -0.3 is 4.74 Å². The van der Waals surface area contributed by atoms with Gasteiger partial charge in [0, 0.05) is 12.1 Å². The normalized spacial score (nSPS) is 31.5. The Morgan fingerprint density at radius 3 is 2.73 bits per heavy atom. The topological polar surface area (TPSA) is 21.3 Å². The Morgan fingerprint density at radius 1 is 1.40 bits per heavy atom. The van der Waals surface area contributed by atoms with E-state index in [0.717, 1.165) is 13.2 Å². The smallest absolute Gasteiger partial charge is 0.142 e. The van der Waals surface area contributed by atoms with Crippen molar-refractivity contribution >= 4 is 0 Å². The van der Waals surface area contributed by atoms with Crippen LogP contribution in [0.25, 0.3) is 0 Å². The number of benzene rings is 1. The molecule has 0 radical (unpaired) electrons. The van der Waals surface area contributed by atoms with Gasteiger partial charge in [-0.05, 0) is 25.3 Å². The second kappa shape index (κ2) is 3.95. The van der Waals surface area contributed by atoms with E-state index in [1.807, 2.05) is 0 Å². The van der Waals surface area contributed by atoms with Gasteiger partial charge in [-0.2, -0.15) is 0 Å². The van der Waals surface area contributed by atoms with Gasteiger partial charge in [0.1, 0.15) is 5.72 Å². The number of nitrogens with one attached hydrogen (secondary N) is 1. The molecule has 2 rings (SSSR count). The van der Waals surface area contributed by atoms with E-state index in [0.29, 0.717) is 5.92 Å². The maximum absolute atomic E-state index is 5.93. The van der Waals surface area contributed by atoms with E-state index in [4.69, 9.17) is 4.74 Å². The van der Waals surface area contributed by atoms with E-state index in [1.54, 1.807) is 0 Å². The highest BCUT2D eigenvalue weighted by Gasteiger charge is 2.32. The molecule has 2 atom stereocenters. The van der Waals surface area contributed by atoms with Crippen LogP contribution in [0, 0.1) is 12.8 Å². The predicted molar refractivity (Wildman–Crippen MR) is 61.6 cm³/mol. The molecule has 15 heavy (non-hydrogen) atoms. The minimum atomic E-state index is -0.308. The lowest BCUT2D eigenvalue weighted by Crippen LogP contribution is -2.50. The Labute approximate surface area is 91.6 Å². The zero-order chi connectivity index (χ0) is 10.9. The number of aryl methyl sites for hydroxylation is 1. The fourth-order valence-corrected chi connectivity index (χ4v) is 2.07. The summed E-state index contributed by atoms with van der Waals surface area (Å²) in [4.78, 5) is 0. The van der Waals surface area contributed by atoms with Crippen molar-refractivity contribution in [3.63, 3.8) is 0 Å². The average Bonchev–Trinajstić information content (AvgIpc) is 2.23. The highest BCUT2D eigenvalue weighted by Crippen LogP contribution is 2.28. The molecule has 2 unspecified atom stereocenters. The van der Waals surface area contributed by atoms with Gasteiger partial charge in [0.05, 0.1) is 6.61 Å². The molecule has 1 fully saturated rings. The third-order valence-electron chi connectivity index (χ3n) is 3.10. The first kappa shape index (κ1) is 10.7. The van der Waals surface area contributed by atoms with Crippen molar-refractivity contribution in [2.75, 3.05) is 13.2 Å². The Bertz CT molecular complexity index is 340. The standard InChI is InChI=1S/C13H19NO/c1-10-8-14-13(3,15-9-10)12-7-5-4-6-11(12)2/h4-7,10,14H,8-9H2,1-3H3. The van der Waals surface area contributed by atoms with Crippen LogP contribution in [-0.2, 0) is 10.5 Å². The molecular weight excluding hydrogens is 186 g/mol. The Hall–Kier alpha value is -0.860. The Kier molecular flexibility index (Phi) is 2.81. The summed E-state index contributed by atoms with van der Waals surface area (Å²) in [5.74, 6) is 0.599. The van der Waals surface area contributed by atoms with Gasteiger partial charge in [-0.25, -0.2) is 0 Å². The predicted octanol–water partition coefficient (Wildman–Crippen LogP) is 2.42. The first-order valence-corrected chi connectivity index (χ1v) is 5.57. The molecule has 0 bridgehead atoms. The second-order valence-electron chi connectivity index (χ2n) is 4.65. The first-order chi connectivity index (χ1) is 7.12. The van der Waals surface area contributed by atoms with Crippen LogP contribution in [0.3, 0.4) is 0 Å². The number of hydrogen-bond donors (Lipinski definition) is 1. The summed E-state index contributed by atoms with van der Waals surface area (Å²) in [6.07, 6.45) is 0. The van der Waals surface area contributed by atoms with Crippen LogP contribution in [0.5, 0.6) is 0 Å². The largest absolute Gasteiger partial charge is 0.356 e. The highest BCUT2D eigenvalue weighted by molar-refractivity contribution is 5.30. The summed E-state index contributed by atoms with van der Waals surface area (Å²) in [6.45, 7) is 8.29. The molecule has 1 N–H and O–H groups in total. The summed E-state index contributed by atoms with van der Waals surface area (Å²) in [7, 11) is 0. The van der Waals surface area contributed by atoms with E-state index in [9.17, 15) is 0 Å². The second-order valence-corrected chi connectivity index (χ2v) is 4.65. The van der Waals surface area contributed by atoms with Crippen molar-refractivity contribution in [3.05, 3.63) is 35.4 Å². The van der Waals surface area contributed by atoms with Crippen LogP contribution in [0.2, 0.25) is 0 Å². The van der Waals surface area contributed by atoms with Crippen LogP contribution in [0.15, 0.2) is 24.3 Å². The summed E-state index contributed by atoms with van der Waals surface area (Å²) in [5, 5.41) is 3.48. The lowest BCUT2D eigenvalue weighted by atomic mass is 9.96. The molecular formula is C13H19NO. The number of rotatable bonds is 1. The maximum Gasteiger partial charge on any atom is 0.142 e. The monoisotopic (exact) mass is 205 g/mol. The Balaban J connectivity index is 2.26. The van der Waals surface area contributed by atoms with Crippen LogP contribution in [0.1, 0.15) is 25.0 Å². The minimum Gasteiger partial charge on any atom is -0.356 e. The maximum atomic E-state index is 5.93. The van der Waals surface area contributed by atoms with E-state index in [1.165, 1.54) is 11.1 Å². The molecule has 1 aromatic carbocycles. The van der Waals surface area contributed by atoms with Crippen molar-refractivity contribution in [2.24, 2.45) is 5.92 Å². The van der Waals surface area contributed by atoms with Crippen molar-refractivity contribution < 1.29 is 4.74 Å². The highest BCUT2D eigenvalue weighted by atomic mass is 16.5. The molecule has 1 heterocycles. The molecule has 0 aromatic heterocycles. The Morgan fingerprint density at radius 2 is 2.13 bits per heavy atom. The van der Waals surface area contributed by atoms with Gasteiger partial charge in [0.15, 0.2) is 0 Å².